The highest BCUT2D eigenvalue weighted by Gasteiger charge is 2.03. The summed E-state index contributed by atoms with van der Waals surface area (Å²) in [7, 11) is 0. The minimum absolute atomic E-state index is 0.316. The van der Waals surface area contributed by atoms with Gasteiger partial charge < -0.3 is 14.2 Å². The predicted molar refractivity (Wildman–Crippen MR) is 126 cm³/mol. The normalized spacial score (nSPS) is 10.9. The van der Waals surface area contributed by atoms with Crippen LogP contribution in [0.1, 0.15) is 22.6 Å². The molecule has 0 spiro atoms. The van der Waals surface area contributed by atoms with Crippen molar-refractivity contribution in [3.8, 4) is 11.5 Å². The highest BCUT2D eigenvalue weighted by atomic mass is 16.5. The average molecular weight is 454 g/mol. The Bertz CT molecular complexity index is 1340. The molecule has 0 saturated carbocycles. The number of ether oxygens (including phenoxy) is 3. The molecule has 5 aromatic rings. The van der Waals surface area contributed by atoms with Crippen LogP contribution in [-0.4, -0.2) is 25.6 Å². The number of para-hydroxylation sites is 1. The Morgan fingerprint density at radius 1 is 0.676 bits per heavy atom. The Labute approximate surface area is 196 Å². The summed E-state index contributed by atoms with van der Waals surface area (Å²) in [6.07, 6.45) is 0. The lowest BCUT2D eigenvalue weighted by atomic mass is 10.1. The third-order valence-electron chi connectivity index (χ3n) is 5.17. The molecule has 34 heavy (non-hydrogen) atoms. The molecule has 0 radical (unpaired) electrons. The van der Waals surface area contributed by atoms with Crippen LogP contribution in [0.5, 0.6) is 11.5 Å². The summed E-state index contributed by atoms with van der Waals surface area (Å²) in [4.78, 5) is 4.65. The van der Waals surface area contributed by atoms with Gasteiger partial charge in [0.2, 0.25) is 0 Å². The van der Waals surface area contributed by atoms with E-state index in [1.165, 1.54) is 0 Å². The molecule has 8 heteroatoms. The van der Waals surface area contributed by atoms with E-state index in [2.05, 4.69) is 31.7 Å². The molecule has 0 aliphatic heterocycles. The molecule has 170 valence electrons. The van der Waals surface area contributed by atoms with E-state index in [1.807, 2.05) is 78.9 Å². The second-order valence-corrected chi connectivity index (χ2v) is 7.68. The number of aromatic amines is 1. The van der Waals surface area contributed by atoms with Gasteiger partial charge in [0.05, 0.1) is 17.8 Å². The standard InChI is InChI=1S/C26H23N5O3/c1-2-7-25-21(4-1)12-13-22(27-25)17-34-24-6-3-5-23(14-24)33-16-20-10-8-19(9-11-20)15-32-18-26-28-30-31-29-26/h1-14H,15-18H2,(H,28,29,30,31). The van der Waals surface area contributed by atoms with E-state index in [9.17, 15) is 0 Å². The first-order valence-corrected chi connectivity index (χ1v) is 10.9. The summed E-state index contributed by atoms with van der Waals surface area (Å²) in [6, 6.07) is 27.8. The SMILES string of the molecule is c1cc(OCc2ccc(COCc3nn[nH]n3)cc2)cc(OCc2ccc3ccccc3n2)c1. The Balaban J connectivity index is 1.11. The summed E-state index contributed by atoms with van der Waals surface area (Å²) in [5, 5.41) is 14.7. The second kappa shape index (κ2) is 10.5. The summed E-state index contributed by atoms with van der Waals surface area (Å²) in [5.74, 6) is 2.02. The number of nitrogens with zero attached hydrogens (tertiary/aromatic N) is 4. The van der Waals surface area contributed by atoms with Gasteiger partial charge in [0.25, 0.3) is 0 Å². The molecular formula is C26H23N5O3. The van der Waals surface area contributed by atoms with Crippen LogP contribution in [-0.2, 0) is 31.2 Å². The fourth-order valence-corrected chi connectivity index (χ4v) is 3.40. The van der Waals surface area contributed by atoms with E-state index in [1.54, 1.807) is 0 Å². The first-order chi connectivity index (χ1) is 16.8. The fraction of sp³-hybridized carbons (Fsp3) is 0.154. The molecule has 0 aliphatic carbocycles. The topological polar surface area (TPSA) is 95.0 Å². The van der Waals surface area contributed by atoms with Gasteiger partial charge in [-0.2, -0.15) is 5.21 Å². The number of aromatic nitrogens is 5. The van der Waals surface area contributed by atoms with E-state index in [0.29, 0.717) is 32.3 Å². The molecule has 2 heterocycles. The van der Waals surface area contributed by atoms with Gasteiger partial charge in [0, 0.05) is 11.5 Å². The molecule has 5 rings (SSSR count). The molecule has 0 amide bonds. The van der Waals surface area contributed by atoms with Crippen LogP contribution >= 0.6 is 0 Å². The minimum atomic E-state index is 0.316. The molecule has 0 fully saturated rings. The first kappa shape index (κ1) is 21.5. The lowest BCUT2D eigenvalue weighted by Gasteiger charge is -2.10. The van der Waals surface area contributed by atoms with Crippen LogP contribution in [0.4, 0.5) is 0 Å². The van der Waals surface area contributed by atoms with Crippen molar-refractivity contribution in [2.24, 2.45) is 0 Å². The zero-order valence-corrected chi connectivity index (χ0v) is 18.4. The van der Waals surface area contributed by atoms with E-state index < -0.39 is 0 Å². The number of fused-ring (bicyclic) bond motifs is 1. The maximum atomic E-state index is 5.96. The zero-order valence-electron chi connectivity index (χ0n) is 18.4. The summed E-state index contributed by atoms with van der Waals surface area (Å²) in [5.41, 5.74) is 3.97. The summed E-state index contributed by atoms with van der Waals surface area (Å²) in [6.45, 7) is 1.64. The summed E-state index contributed by atoms with van der Waals surface area (Å²) < 4.78 is 17.5. The van der Waals surface area contributed by atoms with Crippen LogP contribution in [0.3, 0.4) is 0 Å². The smallest absolute Gasteiger partial charge is 0.200 e. The van der Waals surface area contributed by atoms with E-state index in [0.717, 1.165) is 39.2 Å². The van der Waals surface area contributed by atoms with Gasteiger partial charge >= 0.3 is 0 Å². The van der Waals surface area contributed by atoms with Crippen molar-refractivity contribution in [2.75, 3.05) is 0 Å². The maximum Gasteiger partial charge on any atom is 0.200 e. The molecule has 0 aliphatic rings. The summed E-state index contributed by atoms with van der Waals surface area (Å²) >= 11 is 0. The molecule has 8 nitrogen and oxygen atoms in total. The van der Waals surface area contributed by atoms with Gasteiger partial charge in [-0.05, 0) is 35.4 Å². The van der Waals surface area contributed by atoms with E-state index >= 15 is 0 Å². The zero-order chi connectivity index (χ0) is 23.0. The van der Waals surface area contributed by atoms with Crippen molar-refractivity contribution >= 4 is 10.9 Å². The molecule has 3 aromatic carbocycles. The third kappa shape index (κ3) is 5.73. The maximum absolute atomic E-state index is 5.96. The first-order valence-electron chi connectivity index (χ1n) is 10.9. The molecule has 0 atom stereocenters. The predicted octanol–water partition coefficient (Wildman–Crippen LogP) is 4.62. The monoisotopic (exact) mass is 453 g/mol. The van der Waals surface area contributed by atoms with Gasteiger partial charge in [-0.3, -0.25) is 0 Å². The van der Waals surface area contributed by atoms with Crippen LogP contribution in [0.25, 0.3) is 10.9 Å². The number of hydrogen-bond donors (Lipinski definition) is 1. The van der Waals surface area contributed by atoms with Crippen LogP contribution in [0.15, 0.2) is 84.9 Å². The number of tetrazole rings is 1. The molecule has 1 N–H and O–H groups in total. The van der Waals surface area contributed by atoms with E-state index in [4.69, 9.17) is 14.2 Å². The molecule has 0 unspecified atom stereocenters. The molecule has 0 saturated heterocycles. The molecular weight excluding hydrogens is 430 g/mol. The number of rotatable bonds is 10. The number of pyridine rings is 1. The van der Waals surface area contributed by atoms with Gasteiger partial charge in [0.1, 0.15) is 31.3 Å². The van der Waals surface area contributed by atoms with Crippen molar-refractivity contribution in [1.82, 2.24) is 25.6 Å². The van der Waals surface area contributed by atoms with Crippen LogP contribution in [0, 0.1) is 0 Å². The lowest BCUT2D eigenvalue weighted by molar-refractivity contribution is 0.102. The van der Waals surface area contributed by atoms with Gasteiger partial charge in [-0.15, -0.1) is 10.2 Å². The molecule has 0 bridgehead atoms. The average Bonchev–Trinajstić information content (AvgIpc) is 3.41. The minimum Gasteiger partial charge on any atom is -0.489 e. The highest BCUT2D eigenvalue weighted by Crippen LogP contribution is 2.22. The second-order valence-electron chi connectivity index (χ2n) is 7.68. The van der Waals surface area contributed by atoms with Crippen molar-refractivity contribution in [3.05, 3.63) is 108 Å². The number of hydrogen-bond acceptors (Lipinski definition) is 7. The van der Waals surface area contributed by atoms with Crippen LogP contribution in [0.2, 0.25) is 0 Å². The number of nitrogens with one attached hydrogen (secondary N) is 1. The van der Waals surface area contributed by atoms with Gasteiger partial charge in [-0.25, -0.2) is 4.98 Å². The lowest BCUT2D eigenvalue weighted by Crippen LogP contribution is -2.00. The van der Waals surface area contributed by atoms with Crippen molar-refractivity contribution < 1.29 is 14.2 Å². The Morgan fingerprint density at radius 3 is 2.24 bits per heavy atom. The highest BCUT2D eigenvalue weighted by molar-refractivity contribution is 5.78. The van der Waals surface area contributed by atoms with Crippen molar-refractivity contribution in [3.63, 3.8) is 0 Å². The molecule has 2 aromatic heterocycles. The Hall–Kier alpha value is -4.30. The van der Waals surface area contributed by atoms with Gasteiger partial charge in [-0.1, -0.05) is 59.8 Å². The van der Waals surface area contributed by atoms with Crippen molar-refractivity contribution in [2.45, 2.75) is 26.4 Å². The number of H-pyrrole nitrogens is 1. The van der Waals surface area contributed by atoms with Gasteiger partial charge in [0.15, 0.2) is 5.82 Å². The Morgan fingerprint density at radius 2 is 1.44 bits per heavy atom. The fourth-order valence-electron chi connectivity index (χ4n) is 3.40. The van der Waals surface area contributed by atoms with Crippen molar-refractivity contribution in [1.29, 1.82) is 0 Å². The van der Waals surface area contributed by atoms with E-state index in [-0.39, 0.29) is 0 Å². The quantitative estimate of drug-likeness (QED) is 0.330. The third-order valence-corrected chi connectivity index (χ3v) is 5.17. The largest absolute Gasteiger partial charge is 0.489 e. The number of benzene rings is 3. The Kier molecular flexibility index (Phi) is 6.68. The van der Waals surface area contributed by atoms with Crippen LogP contribution < -0.4 is 9.47 Å².